The summed E-state index contributed by atoms with van der Waals surface area (Å²) in [5.41, 5.74) is 0.794. The summed E-state index contributed by atoms with van der Waals surface area (Å²) in [4.78, 5) is 46.7. The van der Waals surface area contributed by atoms with Gasteiger partial charge in [0.2, 0.25) is 5.96 Å². The third kappa shape index (κ3) is 5.63. The van der Waals surface area contributed by atoms with Crippen LogP contribution < -0.4 is 25.7 Å². The number of aliphatic imine (C=N–C) groups is 2. The van der Waals surface area contributed by atoms with Crippen molar-refractivity contribution in [2.45, 2.75) is 24.4 Å². The number of aryl methyl sites for hydroxylation is 1. The van der Waals surface area contributed by atoms with Crippen molar-refractivity contribution in [1.82, 2.24) is 14.8 Å². The van der Waals surface area contributed by atoms with Gasteiger partial charge in [-0.1, -0.05) is 0 Å². The van der Waals surface area contributed by atoms with Crippen LogP contribution in [-0.2, 0) is 16.6 Å². The zero-order valence-corrected chi connectivity index (χ0v) is 21.5. The van der Waals surface area contributed by atoms with Gasteiger partial charge < -0.3 is 34.7 Å². The van der Waals surface area contributed by atoms with Crippen molar-refractivity contribution in [3.63, 3.8) is 0 Å². The summed E-state index contributed by atoms with van der Waals surface area (Å²) in [6.45, 7) is 0.801. The second-order valence-electron chi connectivity index (χ2n) is 8.79. The van der Waals surface area contributed by atoms with Crippen LogP contribution in [0, 0.1) is 5.92 Å². The third-order valence-electron chi connectivity index (χ3n) is 6.43. The number of ether oxygens (including phenoxy) is 2. The molecule has 4 rings (SSSR count). The Labute approximate surface area is 217 Å². The maximum Gasteiger partial charge on any atom is 0.306 e. The van der Waals surface area contributed by atoms with Crippen LogP contribution in [0.15, 0.2) is 33.0 Å². The quantitative estimate of drug-likeness (QED) is 0.451. The number of piperidine rings is 1. The Morgan fingerprint density at radius 3 is 2.59 bits per heavy atom. The Bertz CT molecular complexity index is 1320. The fourth-order valence-corrected chi connectivity index (χ4v) is 4.52. The molecule has 1 saturated heterocycles. The molecule has 12 nitrogen and oxygen atoms in total. The number of carbonyl (C=O) groups excluding carboxylic acids is 1. The molecule has 37 heavy (non-hydrogen) atoms. The minimum atomic E-state index is -0.779. The number of fused-ring (bicyclic) bond motifs is 1. The van der Waals surface area contributed by atoms with Gasteiger partial charge in [-0.05, 0) is 25.0 Å². The average molecular weight is 533 g/mol. The number of aliphatic carboxylic acids is 1. The fraction of sp³-hybridized carbons (Fsp3) is 0.458. The lowest BCUT2D eigenvalue weighted by Crippen LogP contribution is -2.43. The number of hydrogen-bond donors (Lipinski definition) is 3. The minimum absolute atomic E-state index is 0.0305. The molecule has 2 atom stereocenters. The number of nitrogens with zero attached hydrogens (tertiary/aromatic N) is 4. The number of benzene rings is 1. The van der Waals surface area contributed by atoms with Gasteiger partial charge in [0.15, 0.2) is 12.4 Å². The molecule has 198 valence electrons. The maximum absolute atomic E-state index is 12.8. The van der Waals surface area contributed by atoms with Crippen molar-refractivity contribution in [1.29, 1.82) is 0 Å². The molecule has 0 aliphatic carbocycles. The summed E-state index contributed by atoms with van der Waals surface area (Å²) in [7, 11) is 4.59. The monoisotopic (exact) mass is 532 g/mol. The number of nitrogens with one attached hydrogen (secondary N) is 2. The van der Waals surface area contributed by atoms with Crippen molar-refractivity contribution < 1.29 is 24.2 Å². The van der Waals surface area contributed by atoms with Crippen LogP contribution in [-0.4, -0.2) is 84.0 Å². The average Bonchev–Trinajstić information content (AvgIpc) is 2.90. The van der Waals surface area contributed by atoms with E-state index in [4.69, 9.17) is 21.1 Å². The van der Waals surface area contributed by atoms with E-state index in [-0.39, 0.29) is 24.2 Å². The largest absolute Gasteiger partial charge is 0.494 e. The number of carboxylic acid groups (broad SMARTS) is 1. The number of anilines is 1. The van der Waals surface area contributed by atoms with Crippen molar-refractivity contribution in [3.8, 4) is 11.5 Å². The number of carboxylic acids is 1. The predicted molar refractivity (Wildman–Crippen MR) is 140 cm³/mol. The lowest BCUT2D eigenvalue weighted by Gasteiger charge is -2.33. The van der Waals surface area contributed by atoms with Crippen LogP contribution in [0.4, 0.5) is 5.69 Å². The van der Waals surface area contributed by atoms with Gasteiger partial charge in [0.05, 0.1) is 18.5 Å². The van der Waals surface area contributed by atoms with E-state index < -0.39 is 23.1 Å². The lowest BCUT2D eigenvalue weighted by atomic mass is 9.97. The Morgan fingerprint density at radius 1 is 1.22 bits per heavy atom. The highest BCUT2D eigenvalue weighted by atomic mass is 35.5. The summed E-state index contributed by atoms with van der Waals surface area (Å²) in [6, 6.07) is 5.12. The number of halogens is 1. The van der Waals surface area contributed by atoms with Crippen molar-refractivity contribution in [2.24, 2.45) is 23.0 Å². The van der Waals surface area contributed by atoms with Crippen LogP contribution in [0.3, 0.4) is 0 Å². The molecule has 2 aliphatic heterocycles. The van der Waals surface area contributed by atoms with Crippen LogP contribution in [0.1, 0.15) is 12.8 Å². The molecule has 2 unspecified atom stereocenters. The molecule has 0 spiro atoms. The number of aromatic nitrogens is 1. The Balaban J connectivity index is 1.61. The van der Waals surface area contributed by atoms with E-state index in [1.54, 1.807) is 25.4 Å². The molecule has 13 heteroatoms. The van der Waals surface area contributed by atoms with Crippen LogP contribution in [0.25, 0.3) is 10.9 Å². The molecule has 3 N–H and O–H groups in total. The number of guanidine groups is 1. The molecule has 0 bridgehead atoms. The molecule has 1 fully saturated rings. The van der Waals surface area contributed by atoms with Gasteiger partial charge in [-0.2, -0.15) is 0 Å². The standard InChI is InChI=1S/C24H29ClN6O6/c1-26-19(32)12-37-18-9-14-8-15(10-17(36-3)20(14)30(2)22(18)33)28-21-16(25)11-27-24(29-21)31-6-4-13(5-7-31)23(34)35/h8-11,13,16,21,28H,4-7,12H2,1-3H3,(H,26,32)(H,34,35). The number of rotatable bonds is 7. The smallest absolute Gasteiger partial charge is 0.306 e. The van der Waals surface area contributed by atoms with E-state index in [1.165, 1.54) is 18.7 Å². The molecular weight excluding hydrogens is 504 g/mol. The molecule has 0 saturated carbocycles. The first-order valence-electron chi connectivity index (χ1n) is 11.8. The summed E-state index contributed by atoms with van der Waals surface area (Å²) in [5.74, 6) is -0.512. The summed E-state index contributed by atoms with van der Waals surface area (Å²) in [6.07, 6.45) is 2.11. The Morgan fingerprint density at radius 2 is 1.95 bits per heavy atom. The van der Waals surface area contributed by atoms with Crippen molar-refractivity contribution >= 4 is 52.2 Å². The second kappa shape index (κ2) is 11.1. The zero-order chi connectivity index (χ0) is 26.7. The molecule has 1 amide bonds. The lowest BCUT2D eigenvalue weighted by molar-refractivity contribution is -0.143. The maximum atomic E-state index is 12.8. The van der Waals surface area contributed by atoms with Gasteiger partial charge in [-0.3, -0.25) is 14.4 Å². The minimum Gasteiger partial charge on any atom is -0.494 e. The van der Waals surface area contributed by atoms with Crippen LogP contribution in [0.5, 0.6) is 11.5 Å². The molecule has 3 heterocycles. The first-order chi connectivity index (χ1) is 17.7. The highest BCUT2D eigenvalue weighted by molar-refractivity contribution is 6.30. The predicted octanol–water partition coefficient (Wildman–Crippen LogP) is 1.25. The van der Waals surface area contributed by atoms with E-state index in [0.29, 0.717) is 54.2 Å². The van der Waals surface area contributed by atoms with Gasteiger partial charge in [-0.15, -0.1) is 11.6 Å². The van der Waals surface area contributed by atoms with E-state index in [1.807, 2.05) is 11.0 Å². The number of amides is 1. The van der Waals surface area contributed by atoms with Gasteiger partial charge >= 0.3 is 5.97 Å². The number of alkyl halides is 1. The van der Waals surface area contributed by atoms with E-state index >= 15 is 0 Å². The zero-order valence-electron chi connectivity index (χ0n) is 20.7. The van der Waals surface area contributed by atoms with Crippen LogP contribution in [0.2, 0.25) is 0 Å². The number of carbonyl (C=O) groups is 2. The Hall–Kier alpha value is -3.80. The molecule has 0 radical (unpaired) electrons. The SMILES string of the molecule is CNC(=O)COc1cc2cc(NC3N=C(N4CCC(C(=O)O)CC4)N=CC3Cl)cc(OC)c2n(C)c1=O. The molecule has 2 aromatic rings. The first kappa shape index (κ1) is 26.3. The number of hydrogen-bond acceptors (Lipinski definition) is 9. The summed E-state index contributed by atoms with van der Waals surface area (Å²) in [5, 5.41) is 15.1. The second-order valence-corrected chi connectivity index (χ2v) is 9.30. The number of pyridine rings is 1. The summed E-state index contributed by atoms with van der Waals surface area (Å²) < 4.78 is 12.4. The fourth-order valence-electron chi connectivity index (χ4n) is 4.35. The van der Waals surface area contributed by atoms with E-state index in [2.05, 4.69) is 20.6 Å². The van der Waals surface area contributed by atoms with Crippen LogP contribution >= 0.6 is 11.6 Å². The van der Waals surface area contributed by atoms with Gasteiger partial charge in [0.25, 0.3) is 11.5 Å². The topological polar surface area (TPSA) is 147 Å². The molecule has 1 aromatic heterocycles. The van der Waals surface area contributed by atoms with Crippen molar-refractivity contribution in [2.75, 3.05) is 39.2 Å². The van der Waals surface area contributed by atoms with Gasteiger partial charge in [-0.25, -0.2) is 9.98 Å². The van der Waals surface area contributed by atoms with Gasteiger partial charge in [0.1, 0.15) is 17.3 Å². The van der Waals surface area contributed by atoms with Crippen molar-refractivity contribution in [3.05, 3.63) is 28.6 Å². The van der Waals surface area contributed by atoms with E-state index in [9.17, 15) is 19.5 Å². The number of likely N-dealkylation sites (tertiary alicyclic amines) is 1. The molecule has 2 aliphatic rings. The highest BCUT2D eigenvalue weighted by Crippen LogP contribution is 2.32. The van der Waals surface area contributed by atoms with E-state index in [0.717, 1.165) is 0 Å². The number of methoxy groups -OCH3 is 1. The normalized spacial score (nSPS) is 19.9. The molecule has 1 aromatic carbocycles. The number of likely N-dealkylation sites (N-methyl/N-ethyl adjacent to an activating group) is 1. The van der Waals surface area contributed by atoms with Gasteiger partial charge in [0, 0.05) is 50.5 Å². The first-order valence-corrected chi connectivity index (χ1v) is 12.2. The summed E-state index contributed by atoms with van der Waals surface area (Å²) >= 11 is 6.50. The Kier molecular flexibility index (Phi) is 7.86. The highest BCUT2D eigenvalue weighted by Gasteiger charge is 2.29. The molecular formula is C24H29ClN6O6. The third-order valence-corrected chi connectivity index (χ3v) is 6.78.